The van der Waals surface area contributed by atoms with Gasteiger partial charge in [0.1, 0.15) is 17.7 Å². The molecule has 4 unspecified atom stereocenters. The maximum Gasteiger partial charge on any atom is 0.408 e. The van der Waals surface area contributed by atoms with Crippen molar-refractivity contribution in [3.05, 3.63) is 70.8 Å². The zero-order valence-electron chi connectivity index (χ0n) is 24.7. The van der Waals surface area contributed by atoms with Crippen molar-refractivity contribution < 1.29 is 19.1 Å². The van der Waals surface area contributed by atoms with Crippen LogP contribution in [0, 0.1) is 25.7 Å². The van der Waals surface area contributed by atoms with Gasteiger partial charge in [-0.1, -0.05) is 69.3 Å². The van der Waals surface area contributed by atoms with Crippen LogP contribution in [-0.4, -0.2) is 40.5 Å². The topological polar surface area (TPSA) is 87.7 Å². The zero-order valence-corrected chi connectivity index (χ0v) is 24.7. The number of carbonyl (C=O) groups excluding carboxylic acids is 3. The molecule has 0 spiro atoms. The lowest BCUT2D eigenvalue weighted by atomic mass is 9.96. The fourth-order valence-electron chi connectivity index (χ4n) is 4.75. The average molecular weight is 536 g/mol. The molecule has 3 rings (SSSR count). The molecule has 0 saturated heterocycles. The number of carbonyl (C=O) groups is 3. The Hall–Kier alpha value is -3.35. The Bertz CT molecular complexity index is 1160. The molecule has 0 aromatic heterocycles. The van der Waals surface area contributed by atoms with Gasteiger partial charge in [-0.2, -0.15) is 0 Å². The number of alkyl carbamates (subject to hydrolysis) is 1. The van der Waals surface area contributed by atoms with Crippen molar-refractivity contribution in [1.29, 1.82) is 0 Å². The van der Waals surface area contributed by atoms with Crippen LogP contribution in [0.5, 0.6) is 0 Å². The number of rotatable bonds is 10. The van der Waals surface area contributed by atoms with Crippen molar-refractivity contribution >= 4 is 17.9 Å². The van der Waals surface area contributed by atoms with Crippen LogP contribution in [0.4, 0.5) is 4.79 Å². The molecular weight excluding hydrogens is 490 g/mol. The van der Waals surface area contributed by atoms with Crippen molar-refractivity contribution in [3.63, 3.8) is 0 Å². The molecule has 0 bridgehead atoms. The SMILES string of the molecule is Cc1ccc(C(C(=O)NCc2ccccc2)N(C(=O)C(CC(C)C)NC(=O)OC(C)(C)C)C2CC2C)cc1C. The fourth-order valence-corrected chi connectivity index (χ4v) is 4.75. The summed E-state index contributed by atoms with van der Waals surface area (Å²) >= 11 is 0. The molecule has 3 amide bonds. The van der Waals surface area contributed by atoms with E-state index in [1.807, 2.05) is 76.2 Å². The van der Waals surface area contributed by atoms with E-state index in [2.05, 4.69) is 17.6 Å². The van der Waals surface area contributed by atoms with Crippen LogP contribution in [0.2, 0.25) is 0 Å². The highest BCUT2D eigenvalue weighted by atomic mass is 16.6. The smallest absolute Gasteiger partial charge is 0.408 e. The summed E-state index contributed by atoms with van der Waals surface area (Å²) in [6, 6.07) is 13.9. The Labute approximate surface area is 233 Å². The average Bonchev–Trinajstić information content (AvgIpc) is 3.56. The Morgan fingerprint density at radius 3 is 2.21 bits per heavy atom. The molecule has 212 valence electrons. The first kappa shape index (κ1) is 30.2. The third kappa shape index (κ3) is 8.57. The molecule has 7 heteroatoms. The quantitative estimate of drug-likeness (QED) is 0.400. The van der Waals surface area contributed by atoms with Gasteiger partial charge in [-0.3, -0.25) is 9.59 Å². The van der Waals surface area contributed by atoms with E-state index in [9.17, 15) is 14.4 Å². The number of nitrogens with zero attached hydrogens (tertiary/aromatic N) is 1. The Balaban J connectivity index is 1.99. The molecule has 2 aromatic rings. The summed E-state index contributed by atoms with van der Waals surface area (Å²) in [5, 5.41) is 5.89. The largest absolute Gasteiger partial charge is 0.444 e. The minimum absolute atomic E-state index is 0.0957. The molecule has 39 heavy (non-hydrogen) atoms. The predicted molar refractivity (Wildman–Crippen MR) is 154 cm³/mol. The number of ether oxygens (including phenoxy) is 1. The highest BCUT2D eigenvalue weighted by Crippen LogP contribution is 2.41. The van der Waals surface area contributed by atoms with E-state index < -0.39 is 23.8 Å². The summed E-state index contributed by atoms with van der Waals surface area (Å²) in [5.74, 6) is -0.109. The summed E-state index contributed by atoms with van der Waals surface area (Å²) in [6.45, 7) is 15.9. The zero-order chi connectivity index (χ0) is 28.9. The number of benzene rings is 2. The van der Waals surface area contributed by atoms with Crippen LogP contribution in [0.1, 0.15) is 82.7 Å². The molecule has 2 N–H and O–H groups in total. The maximum absolute atomic E-state index is 14.3. The molecule has 0 heterocycles. The molecule has 1 aliphatic rings. The van der Waals surface area contributed by atoms with Crippen LogP contribution in [0.3, 0.4) is 0 Å². The number of amides is 3. The van der Waals surface area contributed by atoms with E-state index in [1.54, 1.807) is 25.7 Å². The molecule has 0 radical (unpaired) electrons. The molecule has 1 saturated carbocycles. The van der Waals surface area contributed by atoms with E-state index in [-0.39, 0.29) is 29.7 Å². The van der Waals surface area contributed by atoms with Gasteiger partial charge in [0, 0.05) is 12.6 Å². The number of hydrogen-bond donors (Lipinski definition) is 2. The van der Waals surface area contributed by atoms with Gasteiger partial charge in [0.25, 0.3) is 0 Å². The minimum Gasteiger partial charge on any atom is -0.444 e. The molecule has 4 atom stereocenters. The summed E-state index contributed by atoms with van der Waals surface area (Å²) in [4.78, 5) is 42.7. The lowest BCUT2D eigenvalue weighted by Crippen LogP contribution is -2.54. The van der Waals surface area contributed by atoms with E-state index in [0.29, 0.717) is 13.0 Å². The van der Waals surface area contributed by atoms with Crippen molar-refractivity contribution in [2.24, 2.45) is 11.8 Å². The van der Waals surface area contributed by atoms with E-state index in [0.717, 1.165) is 28.7 Å². The molecular formula is C32H45N3O4. The summed E-state index contributed by atoms with van der Waals surface area (Å²) in [5.41, 5.74) is 3.21. The van der Waals surface area contributed by atoms with Crippen molar-refractivity contribution in [2.45, 2.75) is 98.5 Å². The fraction of sp³-hybridized carbons (Fsp3) is 0.531. The number of nitrogens with one attached hydrogen (secondary N) is 2. The monoisotopic (exact) mass is 535 g/mol. The van der Waals surface area contributed by atoms with Crippen LogP contribution in [-0.2, 0) is 20.9 Å². The second kappa shape index (κ2) is 12.7. The van der Waals surface area contributed by atoms with Crippen molar-refractivity contribution in [2.75, 3.05) is 0 Å². The van der Waals surface area contributed by atoms with Crippen molar-refractivity contribution in [3.8, 4) is 0 Å². The molecule has 2 aromatic carbocycles. The van der Waals surface area contributed by atoms with Crippen LogP contribution < -0.4 is 10.6 Å². The first-order valence-corrected chi connectivity index (χ1v) is 14.0. The Morgan fingerprint density at radius 1 is 1.03 bits per heavy atom. The predicted octanol–water partition coefficient (Wildman–Crippen LogP) is 5.84. The highest BCUT2D eigenvalue weighted by molar-refractivity contribution is 5.92. The normalized spacial score (nSPS) is 18.2. The van der Waals surface area contributed by atoms with Gasteiger partial charge in [0.15, 0.2) is 0 Å². The van der Waals surface area contributed by atoms with Gasteiger partial charge in [0.2, 0.25) is 11.8 Å². The second-order valence-corrected chi connectivity index (χ2v) is 12.3. The van der Waals surface area contributed by atoms with Gasteiger partial charge in [-0.05, 0) is 81.5 Å². The van der Waals surface area contributed by atoms with E-state index in [4.69, 9.17) is 4.74 Å². The third-order valence-corrected chi connectivity index (χ3v) is 7.06. The summed E-state index contributed by atoms with van der Waals surface area (Å²) in [6.07, 6.45) is 0.599. The van der Waals surface area contributed by atoms with Crippen LogP contribution in [0.15, 0.2) is 48.5 Å². The van der Waals surface area contributed by atoms with E-state index in [1.165, 1.54) is 0 Å². The maximum atomic E-state index is 14.3. The van der Waals surface area contributed by atoms with Crippen LogP contribution in [0.25, 0.3) is 0 Å². The minimum atomic E-state index is -0.828. The van der Waals surface area contributed by atoms with Gasteiger partial charge in [0.05, 0.1) is 0 Å². The van der Waals surface area contributed by atoms with Gasteiger partial charge >= 0.3 is 6.09 Å². The molecule has 0 aliphatic heterocycles. The van der Waals surface area contributed by atoms with Gasteiger partial charge in [-0.15, -0.1) is 0 Å². The summed E-state index contributed by atoms with van der Waals surface area (Å²) < 4.78 is 5.49. The van der Waals surface area contributed by atoms with Crippen molar-refractivity contribution in [1.82, 2.24) is 15.5 Å². The standard InChI is InChI=1S/C32H45N3O4/c1-20(2)16-26(34-31(38)39-32(6,7)8)30(37)35(27-18-23(27)5)28(25-15-14-21(3)22(4)17-25)29(36)33-19-24-12-10-9-11-13-24/h9-15,17,20,23,26-28H,16,18-19H2,1-8H3,(H,33,36)(H,34,38). The van der Waals surface area contributed by atoms with Gasteiger partial charge in [-0.25, -0.2) is 4.79 Å². The second-order valence-electron chi connectivity index (χ2n) is 12.3. The number of hydrogen-bond acceptors (Lipinski definition) is 4. The Kier molecular flexibility index (Phi) is 9.81. The van der Waals surface area contributed by atoms with E-state index >= 15 is 0 Å². The third-order valence-electron chi connectivity index (χ3n) is 7.06. The molecule has 1 aliphatic carbocycles. The molecule has 1 fully saturated rings. The first-order chi connectivity index (χ1) is 18.3. The lowest BCUT2D eigenvalue weighted by molar-refractivity contribution is -0.143. The van der Waals surface area contributed by atoms with Crippen LogP contribution >= 0.6 is 0 Å². The lowest BCUT2D eigenvalue weighted by Gasteiger charge is -2.35. The Morgan fingerprint density at radius 2 is 1.67 bits per heavy atom. The summed E-state index contributed by atoms with van der Waals surface area (Å²) in [7, 11) is 0. The molecule has 7 nitrogen and oxygen atoms in total. The number of aryl methyl sites for hydroxylation is 2. The first-order valence-electron chi connectivity index (χ1n) is 14.0. The highest BCUT2D eigenvalue weighted by Gasteiger charge is 2.48. The van der Waals surface area contributed by atoms with Gasteiger partial charge < -0.3 is 20.3 Å².